The maximum Gasteiger partial charge on any atom is 0.326 e. The molecule has 2 heterocycles. The highest BCUT2D eigenvalue weighted by Crippen LogP contribution is 2.10. The fraction of sp³-hybridized carbons (Fsp3) is 0.562. The third-order valence-electron chi connectivity index (χ3n) is 4.01. The van der Waals surface area contributed by atoms with E-state index in [4.69, 9.17) is 4.42 Å². The van der Waals surface area contributed by atoms with Gasteiger partial charge in [0.1, 0.15) is 6.04 Å². The Labute approximate surface area is 150 Å². The Kier molecular flexibility index (Phi) is 7.17. The van der Waals surface area contributed by atoms with E-state index < -0.39 is 18.0 Å². The van der Waals surface area contributed by atoms with Gasteiger partial charge in [0.05, 0.1) is 6.26 Å². The van der Waals surface area contributed by atoms with Crippen LogP contribution >= 0.6 is 11.8 Å². The van der Waals surface area contributed by atoms with E-state index in [2.05, 4.69) is 5.32 Å². The lowest BCUT2D eigenvalue weighted by molar-refractivity contribution is -0.139. The number of carboxylic acids is 1. The summed E-state index contributed by atoms with van der Waals surface area (Å²) >= 11 is 1.53. The van der Waals surface area contributed by atoms with Crippen molar-refractivity contribution in [2.75, 3.05) is 38.2 Å². The second-order valence-electron chi connectivity index (χ2n) is 5.73. The molecule has 0 aromatic carbocycles. The Bertz CT molecular complexity index is 593. The third-order valence-corrected chi connectivity index (χ3v) is 4.65. The molecule has 1 aromatic heterocycles. The van der Waals surface area contributed by atoms with Crippen molar-refractivity contribution in [3.05, 3.63) is 24.2 Å². The molecule has 0 bridgehead atoms. The van der Waals surface area contributed by atoms with E-state index in [0.29, 0.717) is 44.8 Å². The van der Waals surface area contributed by atoms with E-state index in [1.807, 2.05) is 6.26 Å². The van der Waals surface area contributed by atoms with Crippen LogP contribution in [0.25, 0.3) is 0 Å². The van der Waals surface area contributed by atoms with Gasteiger partial charge in [0, 0.05) is 26.2 Å². The minimum absolute atomic E-state index is 0.198. The number of rotatable bonds is 6. The smallest absolute Gasteiger partial charge is 0.326 e. The molecule has 9 heteroatoms. The zero-order valence-corrected chi connectivity index (χ0v) is 15.0. The van der Waals surface area contributed by atoms with Crippen LogP contribution in [0.15, 0.2) is 22.8 Å². The van der Waals surface area contributed by atoms with Crippen LogP contribution in [0.3, 0.4) is 0 Å². The summed E-state index contributed by atoms with van der Waals surface area (Å²) < 4.78 is 5.13. The number of carboxylic acid groups (broad SMARTS) is 1. The number of nitrogens with zero attached hydrogens (tertiary/aromatic N) is 2. The molecule has 3 amide bonds. The third kappa shape index (κ3) is 5.42. The van der Waals surface area contributed by atoms with Gasteiger partial charge in [0.15, 0.2) is 5.76 Å². The van der Waals surface area contributed by atoms with Crippen LogP contribution in [0, 0.1) is 0 Å². The standard InChI is InChI=1S/C16H23N3O5S/c1-25-11-5-12(15(21)22)17-16(23)19-7-3-6-18(8-9-19)14(20)13-4-2-10-24-13/h2,4,10,12H,3,5-9,11H2,1H3,(H,17,23)(H,21,22)/t12-/m0/s1. The number of hydrogen-bond acceptors (Lipinski definition) is 5. The molecule has 0 saturated carbocycles. The van der Waals surface area contributed by atoms with E-state index in [-0.39, 0.29) is 11.7 Å². The SMILES string of the molecule is CSCC[C@H](NC(=O)N1CCCN(C(=O)c2ccco2)CC1)C(=O)O. The Morgan fingerprint density at radius 2 is 2.00 bits per heavy atom. The molecule has 138 valence electrons. The number of amides is 3. The number of nitrogens with one attached hydrogen (secondary N) is 1. The van der Waals surface area contributed by atoms with Gasteiger partial charge in [-0.1, -0.05) is 0 Å². The van der Waals surface area contributed by atoms with Gasteiger partial charge in [-0.05, 0) is 37.0 Å². The molecule has 0 unspecified atom stereocenters. The lowest BCUT2D eigenvalue weighted by Gasteiger charge is -2.24. The van der Waals surface area contributed by atoms with Crippen LogP contribution < -0.4 is 5.32 Å². The quantitative estimate of drug-likeness (QED) is 0.784. The Hall–Kier alpha value is -2.16. The van der Waals surface area contributed by atoms with Crippen molar-refractivity contribution in [3.8, 4) is 0 Å². The Morgan fingerprint density at radius 3 is 2.64 bits per heavy atom. The molecule has 0 radical (unpaired) electrons. The lowest BCUT2D eigenvalue weighted by atomic mass is 10.2. The van der Waals surface area contributed by atoms with Crippen LogP contribution in [-0.2, 0) is 4.79 Å². The second-order valence-corrected chi connectivity index (χ2v) is 6.72. The van der Waals surface area contributed by atoms with Crippen LogP contribution in [0.1, 0.15) is 23.4 Å². The highest BCUT2D eigenvalue weighted by Gasteiger charge is 2.26. The van der Waals surface area contributed by atoms with Gasteiger partial charge in [-0.3, -0.25) is 4.79 Å². The van der Waals surface area contributed by atoms with Crippen LogP contribution in [-0.4, -0.2) is 77.0 Å². The fourth-order valence-electron chi connectivity index (χ4n) is 2.61. The zero-order chi connectivity index (χ0) is 18.2. The number of furan rings is 1. The summed E-state index contributed by atoms with van der Waals surface area (Å²) in [4.78, 5) is 39.1. The fourth-order valence-corrected chi connectivity index (χ4v) is 3.08. The highest BCUT2D eigenvalue weighted by molar-refractivity contribution is 7.98. The predicted octanol–water partition coefficient (Wildman–Crippen LogP) is 1.34. The van der Waals surface area contributed by atoms with Gasteiger partial charge in [-0.15, -0.1) is 0 Å². The van der Waals surface area contributed by atoms with Crippen molar-refractivity contribution in [2.45, 2.75) is 18.9 Å². The number of hydrogen-bond donors (Lipinski definition) is 2. The van der Waals surface area contributed by atoms with Gasteiger partial charge in [-0.2, -0.15) is 11.8 Å². The van der Waals surface area contributed by atoms with E-state index >= 15 is 0 Å². The summed E-state index contributed by atoms with van der Waals surface area (Å²) in [5.74, 6) is -0.300. The average molecular weight is 369 g/mol. The lowest BCUT2D eigenvalue weighted by Crippen LogP contribution is -2.49. The Morgan fingerprint density at radius 1 is 1.28 bits per heavy atom. The molecule has 0 spiro atoms. The van der Waals surface area contributed by atoms with Gasteiger partial charge in [-0.25, -0.2) is 9.59 Å². The summed E-state index contributed by atoms with van der Waals surface area (Å²) in [7, 11) is 0. The summed E-state index contributed by atoms with van der Waals surface area (Å²) in [5, 5.41) is 11.8. The monoisotopic (exact) mass is 369 g/mol. The maximum absolute atomic E-state index is 12.4. The van der Waals surface area contributed by atoms with Gasteiger partial charge < -0.3 is 24.6 Å². The minimum Gasteiger partial charge on any atom is -0.480 e. The second kappa shape index (κ2) is 9.36. The number of thioether (sulfide) groups is 1. The summed E-state index contributed by atoms with van der Waals surface area (Å²) in [6.07, 6.45) is 4.34. The summed E-state index contributed by atoms with van der Waals surface area (Å²) in [6.45, 7) is 1.74. The molecular weight excluding hydrogens is 346 g/mol. The van der Waals surface area contributed by atoms with Crippen molar-refractivity contribution in [1.82, 2.24) is 15.1 Å². The van der Waals surface area contributed by atoms with Crippen LogP contribution in [0.4, 0.5) is 4.79 Å². The number of urea groups is 1. The molecule has 2 N–H and O–H groups in total. The Balaban J connectivity index is 1.89. The molecule has 1 aliphatic heterocycles. The minimum atomic E-state index is -1.04. The van der Waals surface area contributed by atoms with Crippen LogP contribution in [0.2, 0.25) is 0 Å². The molecule has 1 atom stereocenters. The van der Waals surface area contributed by atoms with Gasteiger partial charge in [0.2, 0.25) is 0 Å². The molecule has 1 fully saturated rings. The first kappa shape index (κ1) is 19.2. The van der Waals surface area contributed by atoms with Crippen molar-refractivity contribution >= 4 is 29.7 Å². The number of carbonyl (C=O) groups excluding carboxylic acids is 2. The largest absolute Gasteiger partial charge is 0.480 e. The first-order valence-corrected chi connectivity index (χ1v) is 9.52. The summed E-state index contributed by atoms with van der Waals surface area (Å²) in [6, 6.07) is 1.97. The topological polar surface area (TPSA) is 103 Å². The maximum atomic E-state index is 12.4. The van der Waals surface area contributed by atoms with Crippen LogP contribution in [0.5, 0.6) is 0 Å². The molecule has 0 aliphatic carbocycles. The van der Waals surface area contributed by atoms with E-state index in [0.717, 1.165) is 0 Å². The van der Waals surface area contributed by atoms with E-state index in [1.54, 1.807) is 21.9 Å². The van der Waals surface area contributed by atoms with Crippen molar-refractivity contribution < 1.29 is 23.9 Å². The molecular formula is C16H23N3O5S. The molecule has 25 heavy (non-hydrogen) atoms. The molecule has 1 aliphatic rings. The van der Waals surface area contributed by atoms with E-state index in [9.17, 15) is 19.5 Å². The van der Waals surface area contributed by atoms with Crippen molar-refractivity contribution in [1.29, 1.82) is 0 Å². The first-order valence-electron chi connectivity index (χ1n) is 8.13. The van der Waals surface area contributed by atoms with Gasteiger partial charge >= 0.3 is 12.0 Å². The first-order chi connectivity index (χ1) is 12.0. The zero-order valence-electron chi connectivity index (χ0n) is 14.1. The van der Waals surface area contributed by atoms with E-state index in [1.165, 1.54) is 18.0 Å². The molecule has 1 aromatic rings. The normalized spacial score (nSPS) is 16.2. The average Bonchev–Trinajstić information content (AvgIpc) is 3.01. The molecule has 2 rings (SSSR count). The van der Waals surface area contributed by atoms with Crippen molar-refractivity contribution in [2.24, 2.45) is 0 Å². The van der Waals surface area contributed by atoms with Crippen molar-refractivity contribution in [3.63, 3.8) is 0 Å². The van der Waals surface area contributed by atoms with Gasteiger partial charge in [0.25, 0.3) is 5.91 Å². The molecule has 1 saturated heterocycles. The summed E-state index contributed by atoms with van der Waals surface area (Å²) in [5.41, 5.74) is 0. The predicted molar refractivity (Wildman–Crippen MR) is 93.8 cm³/mol. The highest BCUT2D eigenvalue weighted by atomic mass is 32.2. The molecule has 8 nitrogen and oxygen atoms in total. The number of carbonyl (C=O) groups is 3. The number of aliphatic carboxylic acids is 1.